The van der Waals surface area contributed by atoms with Crippen molar-refractivity contribution >= 4 is 11.7 Å². The summed E-state index contributed by atoms with van der Waals surface area (Å²) in [7, 11) is 0. The molecule has 19 heavy (non-hydrogen) atoms. The molecule has 0 fully saturated rings. The van der Waals surface area contributed by atoms with E-state index in [1.807, 2.05) is 30.3 Å². The molecule has 7 heteroatoms. The summed E-state index contributed by atoms with van der Waals surface area (Å²) in [6, 6.07) is 11.1. The first kappa shape index (κ1) is 11.1. The second kappa shape index (κ2) is 4.73. The summed E-state index contributed by atoms with van der Waals surface area (Å²) in [6.07, 6.45) is 3.12. The summed E-state index contributed by atoms with van der Waals surface area (Å²) in [5.74, 6) is 0.172. The van der Waals surface area contributed by atoms with Crippen molar-refractivity contribution in [2.75, 3.05) is 5.32 Å². The summed E-state index contributed by atoms with van der Waals surface area (Å²) in [5, 5.41) is 16.8. The Labute approximate surface area is 108 Å². The summed E-state index contributed by atoms with van der Waals surface area (Å²) in [4.78, 5) is 11.9. The highest BCUT2D eigenvalue weighted by Gasteiger charge is 2.12. The van der Waals surface area contributed by atoms with Gasteiger partial charge in [0.05, 0.1) is 18.1 Å². The topological polar surface area (TPSA) is 88.5 Å². The van der Waals surface area contributed by atoms with Gasteiger partial charge in [-0.2, -0.15) is 5.10 Å². The molecule has 2 heterocycles. The van der Waals surface area contributed by atoms with Crippen LogP contribution in [0, 0.1) is 0 Å². The third-order valence-electron chi connectivity index (χ3n) is 2.50. The van der Waals surface area contributed by atoms with Crippen LogP contribution in [0.15, 0.2) is 48.8 Å². The predicted molar refractivity (Wildman–Crippen MR) is 67.9 cm³/mol. The number of amides is 1. The Morgan fingerprint density at radius 3 is 2.79 bits per heavy atom. The van der Waals surface area contributed by atoms with E-state index in [0.29, 0.717) is 5.82 Å². The van der Waals surface area contributed by atoms with Gasteiger partial charge in [0.2, 0.25) is 0 Å². The molecule has 1 aromatic carbocycles. The average molecular weight is 254 g/mol. The maximum Gasteiger partial charge on any atom is 0.278 e. The van der Waals surface area contributed by atoms with Gasteiger partial charge in [0, 0.05) is 6.07 Å². The zero-order valence-electron chi connectivity index (χ0n) is 9.82. The van der Waals surface area contributed by atoms with Gasteiger partial charge in [-0.15, -0.1) is 5.10 Å². The highest BCUT2D eigenvalue weighted by atomic mass is 16.2. The van der Waals surface area contributed by atoms with Crippen LogP contribution in [0.4, 0.5) is 5.82 Å². The Balaban J connectivity index is 1.80. The lowest BCUT2D eigenvalue weighted by atomic mass is 10.3. The lowest BCUT2D eigenvalue weighted by Crippen LogP contribution is -2.12. The molecule has 0 aliphatic heterocycles. The second-order valence-electron chi connectivity index (χ2n) is 3.81. The molecule has 3 rings (SSSR count). The molecular weight excluding hydrogens is 244 g/mol. The quantitative estimate of drug-likeness (QED) is 0.736. The highest BCUT2D eigenvalue weighted by Crippen LogP contribution is 2.07. The van der Waals surface area contributed by atoms with E-state index in [9.17, 15) is 4.79 Å². The summed E-state index contributed by atoms with van der Waals surface area (Å²) < 4.78 is 1.54. The Morgan fingerprint density at radius 2 is 2.05 bits per heavy atom. The lowest BCUT2D eigenvalue weighted by Gasteiger charge is -1.98. The number of aromatic amines is 1. The minimum atomic E-state index is -0.341. The largest absolute Gasteiger partial charge is 0.305 e. The van der Waals surface area contributed by atoms with Gasteiger partial charge in [-0.05, 0) is 12.1 Å². The average Bonchev–Trinajstić information content (AvgIpc) is 3.10. The maximum atomic E-state index is 11.9. The van der Waals surface area contributed by atoms with Crippen molar-refractivity contribution in [2.45, 2.75) is 0 Å². The van der Waals surface area contributed by atoms with E-state index >= 15 is 0 Å². The van der Waals surface area contributed by atoms with Crippen LogP contribution in [0.3, 0.4) is 0 Å². The van der Waals surface area contributed by atoms with Gasteiger partial charge in [-0.3, -0.25) is 9.89 Å². The van der Waals surface area contributed by atoms with Crippen molar-refractivity contribution in [3.63, 3.8) is 0 Å². The summed E-state index contributed by atoms with van der Waals surface area (Å²) in [5.41, 5.74) is 1.08. The molecule has 0 saturated carbocycles. The van der Waals surface area contributed by atoms with Crippen LogP contribution in [-0.2, 0) is 0 Å². The van der Waals surface area contributed by atoms with Crippen LogP contribution in [0.25, 0.3) is 5.69 Å². The number of H-pyrrole nitrogens is 1. The molecule has 1 amide bonds. The molecule has 0 spiro atoms. The van der Waals surface area contributed by atoms with E-state index in [4.69, 9.17) is 0 Å². The molecule has 7 nitrogen and oxygen atoms in total. The molecule has 0 atom stereocenters. The van der Waals surface area contributed by atoms with Gasteiger partial charge in [0.15, 0.2) is 5.69 Å². The number of para-hydroxylation sites is 1. The number of aromatic nitrogens is 5. The van der Waals surface area contributed by atoms with Gasteiger partial charge >= 0.3 is 0 Å². The van der Waals surface area contributed by atoms with Crippen LogP contribution in [-0.4, -0.2) is 31.1 Å². The van der Waals surface area contributed by atoms with Gasteiger partial charge in [0.1, 0.15) is 5.82 Å². The fourth-order valence-electron chi connectivity index (χ4n) is 1.59. The molecule has 0 bridgehead atoms. The highest BCUT2D eigenvalue weighted by molar-refractivity contribution is 6.02. The smallest absolute Gasteiger partial charge is 0.278 e. The van der Waals surface area contributed by atoms with Crippen molar-refractivity contribution in [1.82, 2.24) is 25.2 Å². The first-order valence-electron chi connectivity index (χ1n) is 5.61. The zero-order chi connectivity index (χ0) is 13.1. The van der Waals surface area contributed by atoms with E-state index in [1.54, 1.807) is 23.1 Å². The Kier molecular flexibility index (Phi) is 2.77. The molecular formula is C12H10N6O. The maximum absolute atomic E-state index is 11.9. The normalized spacial score (nSPS) is 10.3. The number of anilines is 1. The number of hydrogen-bond donors (Lipinski definition) is 2. The Bertz CT molecular complexity index is 673. The molecule has 0 radical (unpaired) electrons. The third kappa shape index (κ3) is 2.34. The predicted octanol–water partition coefficient (Wildman–Crippen LogP) is 1.24. The number of nitrogens with zero attached hydrogens (tertiary/aromatic N) is 4. The van der Waals surface area contributed by atoms with E-state index in [0.717, 1.165) is 5.69 Å². The van der Waals surface area contributed by atoms with Crippen LogP contribution < -0.4 is 5.32 Å². The van der Waals surface area contributed by atoms with Crippen LogP contribution in [0.5, 0.6) is 0 Å². The Morgan fingerprint density at radius 1 is 1.21 bits per heavy atom. The second-order valence-corrected chi connectivity index (χ2v) is 3.81. The molecule has 3 aromatic rings. The van der Waals surface area contributed by atoms with Crippen molar-refractivity contribution < 1.29 is 4.79 Å². The number of carbonyl (C=O) groups excluding carboxylic acids is 1. The summed E-state index contributed by atoms with van der Waals surface area (Å²) >= 11 is 0. The van der Waals surface area contributed by atoms with Crippen molar-refractivity contribution in [3.8, 4) is 5.69 Å². The number of carbonyl (C=O) groups is 1. The van der Waals surface area contributed by atoms with Crippen molar-refractivity contribution in [1.29, 1.82) is 0 Å². The van der Waals surface area contributed by atoms with E-state index in [2.05, 4.69) is 25.8 Å². The number of rotatable bonds is 3. The molecule has 94 valence electrons. The fraction of sp³-hybridized carbons (Fsp3) is 0. The summed E-state index contributed by atoms with van der Waals surface area (Å²) in [6.45, 7) is 0. The van der Waals surface area contributed by atoms with Crippen molar-refractivity contribution in [2.24, 2.45) is 0 Å². The van der Waals surface area contributed by atoms with Crippen molar-refractivity contribution in [3.05, 3.63) is 54.5 Å². The van der Waals surface area contributed by atoms with E-state index < -0.39 is 0 Å². The number of benzene rings is 1. The number of nitrogens with one attached hydrogen (secondary N) is 2. The Hall–Kier alpha value is -2.96. The van der Waals surface area contributed by atoms with Gasteiger partial charge in [-0.1, -0.05) is 23.4 Å². The number of hydrogen-bond acceptors (Lipinski definition) is 4. The van der Waals surface area contributed by atoms with Gasteiger partial charge < -0.3 is 5.32 Å². The van der Waals surface area contributed by atoms with E-state index in [-0.39, 0.29) is 11.6 Å². The minimum absolute atomic E-state index is 0.235. The molecule has 0 aliphatic rings. The first-order valence-corrected chi connectivity index (χ1v) is 5.61. The lowest BCUT2D eigenvalue weighted by molar-refractivity contribution is 0.102. The minimum Gasteiger partial charge on any atom is -0.305 e. The monoisotopic (exact) mass is 254 g/mol. The third-order valence-corrected chi connectivity index (χ3v) is 2.50. The molecule has 0 unspecified atom stereocenters. The molecule has 0 saturated heterocycles. The zero-order valence-corrected chi connectivity index (χ0v) is 9.82. The van der Waals surface area contributed by atoms with E-state index in [1.165, 1.54) is 0 Å². The van der Waals surface area contributed by atoms with Crippen LogP contribution in [0.2, 0.25) is 0 Å². The first-order chi connectivity index (χ1) is 9.33. The van der Waals surface area contributed by atoms with Gasteiger partial charge in [-0.25, -0.2) is 4.68 Å². The fourth-order valence-corrected chi connectivity index (χ4v) is 1.59. The molecule has 0 aliphatic carbocycles. The molecule has 2 N–H and O–H groups in total. The SMILES string of the molecule is O=C(Nc1ccn[nH]1)c1cn(-c2ccccc2)nn1. The molecule has 2 aromatic heterocycles. The van der Waals surface area contributed by atoms with Crippen LogP contribution in [0.1, 0.15) is 10.5 Å². The van der Waals surface area contributed by atoms with Gasteiger partial charge in [0.25, 0.3) is 5.91 Å². The standard InChI is InChI=1S/C12H10N6O/c19-12(14-11-6-7-13-16-11)10-8-18(17-15-10)9-4-2-1-3-5-9/h1-8H,(H2,13,14,16,19). The van der Waals surface area contributed by atoms with Crippen LogP contribution >= 0.6 is 0 Å².